The van der Waals surface area contributed by atoms with Gasteiger partial charge >= 0.3 is 5.97 Å². The van der Waals surface area contributed by atoms with Gasteiger partial charge in [0.25, 0.3) is 0 Å². The molecule has 1 saturated heterocycles. The van der Waals surface area contributed by atoms with Crippen molar-refractivity contribution in [2.75, 3.05) is 18.4 Å². The number of azide groups is 1. The Morgan fingerprint density at radius 1 is 1.00 bits per heavy atom. The molecule has 2 atom stereocenters. The molecule has 40 heavy (non-hydrogen) atoms. The number of unbranched alkanes of at least 4 members (excludes halogenated alkanes) is 1. The van der Waals surface area contributed by atoms with Crippen molar-refractivity contribution < 1.29 is 14.7 Å². The van der Waals surface area contributed by atoms with Crippen LogP contribution in [0.5, 0.6) is 0 Å². The zero-order valence-corrected chi connectivity index (χ0v) is 22.4. The van der Waals surface area contributed by atoms with Crippen LogP contribution in [0.25, 0.3) is 10.4 Å². The molecule has 9 nitrogen and oxygen atoms in total. The summed E-state index contributed by atoms with van der Waals surface area (Å²) in [6.07, 6.45) is 3.16. The number of carbonyl (C=O) groups excluding carboxylic acids is 1. The molecule has 0 bridgehead atoms. The number of nitrogens with one attached hydrogen (secondary N) is 1. The minimum atomic E-state index is -1.03. The Morgan fingerprint density at radius 3 is 2.42 bits per heavy atom. The van der Waals surface area contributed by atoms with Crippen LogP contribution in [0, 0.1) is 0 Å². The van der Waals surface area contributed by atoms with E-state index in [-0.39, 0.29) is 11.9 Å². The van der Waals surface area contributed by atoms with E-state index in [1.165, 1.54) is 5.56 Å². The van der Waals surface area contributed by atoms with Crippen LogP contribution in [0.15, 0.2) is 95.0 Å². The highest BCUT2D eigenvalue weighted by Gasteiger charge is 2.31. The molecule has 3 aromatic carbocycles. The lowest BCUT2D eigenvalue weighted by Crippen LogP contribution is -2.39. The summed E-state index contributed by atoms with van der Waals surface area (Å²) in [7, 11) is 0. The third kappa shape index (κ3) is 7.79. The predicted octanol–water partition coefficient (Wildman–Crippen LogP) is 6.06. The number of carboxylic acids is 1. The monoisotopic (exact) mass is 538 g/mol. The van der Waals surface area contributed by atoms with Gasteiger partial charge in [-0.05, 0) is 49.4 Å². The smallest absolute Gasteiger partial charge is 0.328 e. The standard InChI is InChI=1S/C31H34N6O3/c32-36-33-20-10-9-18-27(31(39)40)34-29(24-14-5-2-6-15-24)25-16-7-8-17-26(25)35-30(38)28-19-11-21-37(28)22-23-12-3-1-4-13-23/h1-8,12-17,27-28H,9-11,18-22H2,(H,35,38)(H,39,40)/t27-,28+/m0/s1. The predicted molar refractivity (Wildman–Crippen MR) is 156 cm³/mol. The first-order valence-electron chi connectivity index (χ1n) is 13.6. The topological polar surface area (TPSA) is 131 Å². The molecule has 1 heterocycles. The van der Waals surface area contributed by atoms with E-state index >= 15 is 0 Å². The fraction of sp³-hybridized carbons (Fsp3) is 0.323. The number of hydrogen-bond acceptors (Lipinski definition) is 5. The van der Waals surface area contributed by atoms with Crippen molar-refractivity contribution in [1.29, 1.82) is 0 Å². The largest absolute Gasteiger partial charge is 0.480 e. The maximum atomic E-state index is 13.6. The van der Waals surface area contributed by atoms with Crippen molar-refractivity contribution in [3.8, 4) is 0 Å². The number of para-hydroxylation sites is 1. The van der Waals surface area contributed by atoms with Gasteiger partial charge in [-0.1, -0.05) is 90.4 Å². The molecular formula is C31H34N6O3. The SMILES string of the molecule is [N-]=[N+]=NCCCC[C@H](N=C(c1ccccc1)c1ccccc1NC(=O)[C@H]1CCCN1Cc1ccccc1)C(=O)O. The van der Waals surface area contributed by atoms with E-state index in [1.807, 2.05) is 72.8 Å². The van der Waals surface area contributed by atoms with Gasteiger partial charge in [0.1, 0.15) is 6.04 Å². The average molecular weight is 539 g/mol. The summed E-state index contributed by atoms with van der Waals surface area (Å²) in [5.74, 6) is -1.11. The van der Waals surface area contributed by atoms with E-state index in [9.17, 15) is 14.7 Å². The molecular weight excluding hydrogens is 504 g/mol. The summed E-state index contributed by atoms with van der Waals surface area (Å²) in [6, 6.07) is 25.7. The Morgan fingerprint density at radius 2 is 1.70 bits per heavy atom. The van der Waals surface area contributed by atoms with E-state index in [1.54, 1.807) is 0 Å². The quantitative estimate of drug-likeness (QED) is 0.0900. The number of hydrogen-bond donors (Lipinski definition) is 2. The Labute approximate surface area is 234 Å². The highest BCUT2D eigenvalue weighted by atomic mass is 16.4. The summed E-state index contributed by atoms with van der Waals surface area (Å²) >= 11 is 0. The number of likely N-dealkylation sites (tertiary alicyclic amines) is 1. The number of carboxylic acid groups (broad SMARTS) is 1. The zero-order valence-electron chi connectivity index (χ0n) is 22.4. The summed E-state index contributed by atoms with van der Waals surface area (Å²) in [5, 5.41) is 16.6. The van der Waals surface area contributed by atoms with Crippen molar-refractivity contribution in [3.63, 3.8) is 0 Å². The highest BCUT2D eigenvalue weighted by Crippen LogP contribution is 2.25. The first-order chi connectivity index (χ1) is 19.6. The Kier molecular flexibility index (Phi) is 10.4. The minimum absolute atomic E-state index is 0.0823. The molecule has 0 unspecified atom stereocenters. The molecule has 0 saturated carbocycles. The van der Waals surface area contributed by atoms with Gasteiger partial charge in [0, 0.05) is 29.1 Å². The second-order valence-corrected chi connectivity index (χ2v) is 9.80. The number of amides is 1. The molecule has 206 valence electrons. The maximum absolute atomic E-state index is 13.6. The lowest BCUT2D eigenvalue weighted by atomic mass is 9.99. The second kappa shape index (κ2) is 14.6. The molecule has 0 spiro atoms. The van der Waals surface area contributed by atoms with Crippen molar-refractivity contribution in [1.82, 2.24) is 4.90 Å². The van der Waals surface area contributed by atoms with Crippen LogP contribution in [0.3, 0.4) is 0 Å². The Hall–Kier alpha value is -4.46. The van der Waals surface area contributed by atoms with Gasteiger partial charge in [-0.2, -0.15) is 0 Å². The number of rotatable bonds is 13. The first-order valence-corrected chi connectivity index (χ1v) is 13.6. The average Bonchev–Trinajstić information content (AvgIpc) is 3.44. The van der Waals surface area contributed by atoms with Crippen LogP contribution < -0.4 is 5.32 Å². The van der Waals surface area contributed by atoms with Crippen LogP contribution in [-0.2, 0) is 16.1 Å². The van der Waals surface area contributed by atoms with Crippen LogP contribution >= 0.6 is 0 Å². The number of anilines is 1. The van der Waals surface area contributed by atoms with Crippen molar-refractivity contribution in [2.24, 2.45) is 10.1 Å². The molecule has 0 radical (unpaired) electrons. The molecule has 1 amide bonds. The van der Waals surface area contributed by atoms with Gasteiger partial charge in [0.05, 0.1) is 17.4 Å². The summed E-state index contributed by atoms with van der Waals surface area (Å²) in [4.78, 5) is 35.4. The first kappa shape index (κ1) is 28.5. The van der Waals surface area contributed by atoms with Crippen LogP contribution in [-0.4, -0.2) is 52.8 Å². The molecule has 2 N–H and O–H groups in total. The third-order valence-corrected chi connectivity index (χ3v) is 7.00. The number of benzene rings is 3. The molecule has 3 aromatic rings. The fourth-order valence-electron chi connectivity index (χ4n) is 5.00. The van der Waals surface area contributed by atoms with Crippen LogP contribution in [0.1, 0.15) is 48.8 Å². The Bertz CT molecular complexity index is 1360. The summed E-state index contributed by atoms with van der Waals surface area (Å²) < 4.78 is 0. The maximum Gasteiger partial charge on any atom is 0.328 e. The van der Waals surface area contributed by atoms with E-state index < -0.39 is 12.0 Å². The molecule has 1 fully saturated rings. The third-order valence-electron chi connectivity index (χ3n) is 7.00. The molecule has 1 aliphatic heterocycles. The summed E-state index contributed by atoms with van der Waals surface area (Å²) in [5.41, 5.74) is 12.2. The van der Waals surface area contributed by atoms with Crippen LogP contribution in [0.2, 0.25) is 0 Å². The number of aliphatic imine (C=N–C) groups is 1. The van der Waals surface area contributed by atoms with Gasteiger partial charge < -0.3 is 10.4 Å². The van der Waals surface area contributed by atoms with Gasteiger partial charge in [-0.25, -0.2) is 4.79 Å². The van der Waals surface area contributed by atoms with E-state index in [0.29, 0.717) is 49.3 Å². The van der Waals surface area contributed by atoms with E-state index in [0.717, 1.165) is 24.9 Å². The normalized spacial score (nSPS) is 16.2. The number of nitrogens with zero attached hydrogens (tertiary/aromatic N) is 5. The molecule has 0 aliphatic carbocycles. The van der Waals surface area contributed by atoms with Gasteiger partial charge in [0.2, 0.25) is 5.91 Å². The highest BCUT2D eigenvalue weighted by molar-refractivity contribution is 6.17. The van der Waals surface area contributed by atoms with E-state index in [4.69, 9.17) is 10.5 Å². The van der Waals surface area contributed by atoms with Gasteiger partial charge in [-0.3, -0.25) is 14.7 Å². The lowest BCUT2D eigenvalue weighted by molar-refractivity contribution is -0.138. The summed E-state index contributed by atoms with van der Waals surface area (Å²) in [6.45, 7) is 1.87. The zero-order chi connectivity index (χ0) is 28.2. The Balaban J connectivity index is 1.60. The van der Waals surface area contributed by atoms with Crippen molar-refractivity contribution in [3.05, 3.63) is 112 Å². The van der Waals surface area contributed by atoms with E-state index in [2.05, 4.69) is 32.4 Å². The minimum Gasteiger partial charge on any atom is -0.480 e. The van der Waals surface area contributed by atoms with Crippen molar-refractivity contribution in [2.45, 2.75) is 50.7 Å². The second-order valence-electron chi connectivity index (χ2n) is 9.80. The number of aliphatic carboxylic acids is 1. The van der Waals surface area contributed by atoms with Crippen molar-refractivity contribution >= 4 is 23.3 Å². The van der Waals surface area contributed by atoms with Gasteiger partial charge in [0.15, 0.2) is 0 Å². The fourth-order valence-corrected chi connectivity index (χ4v) is 5.00. The molecule has 9 heteroatoms. The molecule has 0 aromatic heterocycles. The lowest BCUT2D eigenvalue weighted by Gasteiger charge is -2.24. The van der Waals surface area contributed by atoms with Crippen LogP contribution in [0.4, 0.5) is 5.69 Å². The van der Waals surface area contributed by atoms with Gasteiger partial charge in [-0.15, -0.1) is 0 Å². The number of carbonyl (C=O) groups is 2. The molecule has 1 aliphatic rings. The molecule has 4 rings (SSSR count).